The summed E-state index contributed by atoms with van der Waals surface area (Å²) in [6, 6.07) is 17.5. The first kappa shape index (κ1) is 12.7. The van der Waals surface area contributed by atoms with Crippen molar-refractivity contribution in [3.05, 3.63) is 64.1 Å². The maximum absolute atomic E-state index is 3.56. The van der Waals surface area contributed by atoms with Crippen LogP contribution in [0.5, 0.6) is 0 Å². The minimum atomic E-state index is 0.996. The van der Waals surface area contributed by atoms with Crippen LogP contribution in [0.1, 0.15) is 24.0 Å². The highest BCUT2D eigenvalue weighted by Gasteiger charge is 2.14. The average Bonchev–Trinajstić information content (AvgIpc) is 2.62. The van der Waals surface area contributed by atoms with Crippen LogP contribution in [0.15, 0.2) is 53.0 Å². The Morgan fingerprint density at radius 2 is 1.89 bits per heavy atom. The van der Waals surface area contributed by atoms with Crippen molar-refractivity contribution in [2.75, 3.05) is 11.4 Å². The van der Waals surface area contributed by atoms with E-state index < -0.39 is 0 Å². The van der Waals surface area contributed by atoms with Crippen LogP contribution in [0.3, 0.4) is 0 Å². The number of rotatable bonds is 2. The highest BCUT2D eigenvalue weighted by molar-refractivity contribution is 9.10. The molecule has 0 saturated carbocycles. The van der Waals surface area contributed by atoms with Crippen LogP contribution >= 0.6 is 15.9 Å². The Kier molecular flexibility index (Phi) is 3.88. The Hall–Kier alpha value is -1.28. The lowest BCUT2D eigenvalue weighted by Crippen LogP contribution is -2.23. The van der Waals surface area contributed by atoms with Gasteiger partial charge in [0.2, 0.25) is 0 Å². The Labute approximate surface area is 123 Å². The number of aryl methyl sites for hydroxylation is 1. The van der Waals surface area contributed by atoms with Gasteiger partial charge < -0.3 is 4.90 Å². The predicted molar refractivity (Wildman–Crippen MR) is 84.6 cm³/mol. The quantitative estimate of drug-likeness (QED) is 0.770. The summed E-state index contributed by atoms with van der Waals surface area (Å²) in [5.41, 5.74) is 4.28. The molecule has 19 heavy (non-hydrogen) atoms. The van der Waals surface area contributed by atoms with Crippen molar-refractivity contribution in [2.45, 2.75) is 25.8 Å². The van der Waals surface area contributed by atoms with Crippen LogP contribution in [-0.2, 0) is 13.0 Å². The van der Waals surface area contributed by atoms with Gasteiger partial charge in [-0.3, -0.25) is 0 Å². The molecule has 0 spiro atoms. The number of benzene rings is 2. The Balaban J connectivity index is 1.88. The maximum atomic E-state index is 3.56. The predicted octanol–water partition coefficient (Wildman–Crippen LogP) is 4.79. The number of nitrogens with zero attached hydrogens (tertiary/aromatic N) is 1. The Bertz CT molecular complexity index is 565. The van der Waals surface area contributed by atoms with Gasteiger partial charge in [-0.05, 0) is 48.6 Å². The highest BCUT2D eigenvalue weighted by atomic mass is 79.9. The Morgan fingerprint density at radius 1 is 1.00 bits per heavy atom. The zero-order valence-corrected chi connectivity index (χ0v) is 12.6. The molecule has 2 aromatic rings. The second kappa shape index (κ2) is 5.79. The molecule has 98 valence electrons. The van der Waals surface area contributed by atoms with E-state index in [1.54, 1.807) is 0 Å². The second-order valence-electron chi connectivity index (χ2n) is 5.14. The van der Waals surface area contributed by atoms with E-state index in [1.165, 1.54) is 36.1 Å². The summed E-state index contributed by atoms with van der Waals surface area (Å²) < 4.78 is 1.16. The zero-order chi connectivity index (χ0) is 13.1. The summed E-state index contributed by atoms with van der Waals surface area (Å²) in [4.78, 5) is 2.52. The molecule has 2 heteroatoms. The van der Waals surface area contributed by atoms with E-state index in [0.29, 0.717) is 0 Å². The van der Waals surface area contributed by atoms with Gasteiger partial charge in [-0.15, -0.1) is 0 Å². The lowest BCUT2D eigenvalue weighted by atomic mass is 10.1. The lowest BCUT2D eigenvalue weighted by Gasteiger charge is -2.25. The van der Waals surface area contributed by atoms with E-state index in [4.69, 9.17) is 0 Å². The van der Waals surface area contributed by atoms with Gasteiger partial charge in [0.05, 0.1) is 0 Å². The molecule has 0 bridgehead atoms. The summed E-state index contributed by atoms with van der Waals surface area (Å²) in [5.74, 6) is 0. The van der Waals surface area contributed by atoms with Crippen LogP contribution < -0.4 is 4.90 Å². The third-order valence-electron chi connectivity index (χ3n) is 3.72. The van der Waals surface area contributed by atoms with E-state index in [2.05, 4.69) is 69.4 Å². The number of fused-ring (bicyclic) bond motifs is 1. The first-order valence-corrected chi connectivity index (χ1v) is 7.69. The third-order valence-corrected chi connectivity index (χ3v) is 4.21. The zero-order valence-electron chi connectivity index (χ0n) is 11.0. The van der Waals surface area contributed by atoms with Gasteiger partial charge in [0, 0.05) is 23.2 Å². The molecule has 0 saturated heterocycles. The summed E-state index contributed by atoms with van der Waals surface area (Å²) >= 11 is 3.56. The summed E-state index contributed by atoms with van der Waals surface area (Å²) in [5, 5.41) is 0. The van der Waals surface area contributed by atoms with Crippen LogP contribution in [0.4, 0.5) is 5.69 Å². The van der Waals surface area contributed by atoms with Crippen molar-refractivity contribution < 1.29 is 0 Å². The number of halogens is 1. The van der Waals surface area contributed by atoms with Crippen molar-refractivity contribution in [3.8, 4) is 0 Å². The standard InChI is InChI=1S/C17H18BrN/c18-16-9-5-6-14(12-16)13-19-11-4-3-8-15-7-1-2-10-17(15)19/h1-2,5-7,9-10,12H,3-4,8,11,13H2. The van der Waals surface area contributed by atoms with E-state index >= 15 is 0 Å². The Morgan fingerprint density at radius 3 is 2.79 bits per heavy atom. The smallest absolute Gasteiger partial charge is 0.0429 e. The van der Waals surface area contributed by atoms with Crippen LogP contribution in [0.25, 0.3) is 0 Å². The van der Waals surface area contributed by atoms with Gasteiger partial charge in [-0.25, -0.2) is 0 Å². The fraction of sp³-hybridized carbons (Fsp3) is 0.294. The molecule has 0 N–H and O–H groups in total. The van der Waals surface area contributed by atoms with Gasteiger partial charge >= 0.3 is 0 Å². The molecule has 0 radical (unpaired) electrons. The monoisotopic (exact) mass is 315 g/mol. The lowest BCUT2D eigenvalue weighted by molar-refractivity contribution is 0.714. The summed E-state index contributed by atoms with van der Waals surface area (Å²) in [6.45, 7) is 2.15. The van der Waals surface area contributed by atoms with E-state index in [1.807, 2.05) is 0 Å². The summed E-state index contributed by atoms with van der Waals surface area (Å²) in [6.07, 6.45) is 3.79. The maximum Gasteiger partial charge on any atom is 0.0429 e. The molecule has 0 atom stereocenters. The molecule has 1 aliphatic heterocycles. The van der Waals surface area contributed by atoms with E-state index in [-0.39, 0.29) is 0 Å². The highest BCUT2D eigenvalue weighted by Crippen LogP contribution is 2.27. The van der Waals surface area contributed by atoms with Crippen molar-refractivity contribution >= 4 is 21.6 Å². The fourth-order valence-electron chi connectivity index (χ4n) is 2.79. The van der Waals surface area contributed by atoms with Gasteiger partial charge in [0.1, 0.15) is 0 Å². The normalized spacial score (nSPS) is 14.9. The molecule has 2 aromatic carbocycles. The fourth-order valence-corrected chi connectivity index (χ4v) is 3.24. The van der Waals surface area contributed by atoms with Gasteiger partial charge in [-0.1, -0.05) is 46.3 Å². The molecule has 0 aromatic heterocycles. The van der Waals surface area contributed by atoms with Crippen molar-refractivity contribution in [2.24, 2.45) is 0 Å². The minimum Gasteiger partial charge on any atom is -0.367 e. The van der Waals surface area contributed by atoms with Crippen LogP contribution in [-0.4, -0.2) is 6.54 Å². The van der Waals surface area contributed by atoms with E-state index in [9.17, 15) is 0 Å². The van der Waals surface area contributed by atoms with Crippen molar-refractivity contribution in [3.63, 3.8) is 0 Å². The second-order valence-corrected chi connectivity index (χ2v) is 6.05. The molecule has 0 aliphatic carbocycles. The number of para-hydroxylation sites is 1. The topological polar surface area (TPSA) is 3.24 Å². The largest absolute Gasteiger partial charge is 0.367 e. The first-order chi connectivity index (χ1) is 9.33. The van der Waals surface area contributed by atoms with Crippen molar-refractivity contribution in [1.82, 2.24) is 0 Å². The molecule has 1 heterocycles. The molecular weight excluding hydrogens is 298 g/mol. The van der Waals surface area contributed by atoms with E-state index in [0.717, 1.165) is 17.6 Å². The molecule has 0 unspecified atom stereocenters. The average molecular weight is 316 g/mol. The first-order valence-electron chi connectivity index (χ1n) is 6.90. The molecule has 3 rings (SSSR count). The minimum absolute atomic E-state index is 0.996. The molecular formula is C17H18BrN. The van der Waals surface area contributed by atoms with Crippen LogP contribution in [0, 0.1) is 0 Å². The van der Waals surface area contributed by atoms with Gasteiger partial charge in [-0.2, -0.15) is 0 Å². The summed E-state index contributed by atoms with van der Waals surface area (Å²) in [7, 11) is 0. The SMILES string of the molecule is Brc1cccc(CN2CCCCc3ccccc32)c1. The molecule has 1 nitrogen and oxygen atoms in total. The number of hydrogen-bond acceptors (Lipinski definition) is 1. The van der Waals surface area contributed by atoms with Crippen LogP contribution in [0.2, 0.25) is 0 Å². The molecule has 0 fully saturated rings. The molecule has 0 amide bonds. The third kappa shape index (κ3) is 3.01. The molecule has 1 aliphatic rings. The van der Waals surface area contributed by atoms with Gasteiger partial charge in [0.15, 0.2) is 0 Å². The number of hydrogen-bond donors (Lipinski definition) is 0. The van der Waals surface area contributed by atoms with Crippen molar-refractivity contribution in [1.29, 1.82) is 0 Å². The van der Waals surface area contributed by atoms with Gasteiger partial charge in [0.25, 0.3) is 0 Å². The number of anilines is 1.